The van der Waals surface area contributed by atoms with Crippen molar-refractivity contribution in [3.05, 3.63) is 78.6 Å². The van der Waals surface area contributed by atoms with Gasteiger partial charge in [-0.15, -0.1) is 0 Å². The molecule has 1 aliphatic heterocycles. The number of aromatic nitrogens is 2. The average Bonchev–Trinajstić information content (AvgIpc) is 3.24. The summed E-state index contributed by atoms with van der Waals surface area (Å²) in [6.07, 6.45) is 6.79. The molecule has 1 N–H and O–H groups in total. The first-order valence-corrected chi connectivity index (χ1v) is 9.48. The topological polar surface area (TPSA) is 50.2 Å². The Labute approximate surface area is 159 Å². The highest BCUT2D eigenvalue weighted by molar-refractivity contribution is 5.91. The number of urea groups is 1. The summed E-state index contributed by atoms with van der Waals surface area (Å²) in [5.74, 6) is 0.646. The Kier molecular flexibility index (Phi) is 5.19. The molecule has 0 unspecified atom stereocenters. The van der Waals surface area contributed by atoms with E-state index in [1.165, 1.54) is 5.56 Å². The molecule has 1 saturated heterocycles. The van der Waals surface area contributed by atoms with Crippen LogP contribution in [0, 0.1) is 5.92 Å². The van der Waals surface area contributed by atoms with E-state index in [0.717, 1.165) is 43.7 Å². The number of likely N-dealkylation sites (tertiary alicyclic amines) is 1. The van der Waals surface area contributed by atoms with Crippen LogP contribution in [0.1, 0.15) is 18.4 Å². The van der Waals surface area contributed by atoms with Crippen LogP contribution in [-0.2, 0) is 6.42 Å². The molecule has 5 heteroatoms. The molecule has 0 spiro atoms. The fourth-order valence-electron chi connectivity index (χ4n) is 3.67. The predicted molar refractivity (Wildman–Crippen MR) is 107 cm³/mol. The van der Waals surface area contributed by atoms with Crippen LogP contribution < -0.4 is 5.32 Å². The molecule has 0 radical (unpaired) electrons. The highest BCUT2D eigenvalue weighted by Gasteiger charge is 2.23. The van der Waals surface area contributed by atoms with Gasteiger partial charge in [0.15, 0.2) is 0 Å². The summed E-state index contributed by atoms with van der Waals surface area (Å²) in [7, 11) is 0. The average molecular weight is 360 g/mol. The van der Waals surface area contributed by atoms with Gasteiger partial charge in [-0.25, -0.2) is 9.48 Å². The Morgan fingerprint density at radius 1 is 1.00 bits per heavy atom. The van der Waals surface area contributed by atoms with E-state index in [1.54, 1.807) is 10.9 Å². The van der Waals surface area contributed by atoms with Gasteiger partial charge in [0, 0.05) is 25.5 Å². The van der Waals surface area contributed by atoms with E-state index in [1.807, 2.05) is 41.4 Å². The SMILES string of the molecule is O=C(Nc1ccccc1-n1cccn1)N1CCC(Cc2ccccc2)CC1. The number of carbonyl (C=O) groups is 1. The van der Waals surface area contributed by atoms with E-state index in [0.29, 0.717) is 5.92 Å². The molecule has 0 atom stereocenters. The molecule has 3 aromatic rings. The Bertz CT molecular complexity index is 868. The molecule has 138 valence electrons. The quantitative estimate of drug-likeness (QED) is 0.751. The first-order chi connectivity index (χ1) is 13.3. The highest BCUT2D eigenvalue weighted by Crippen LogP contribution is 2.24. The number of amides is 2. The molecular formula is C22H24N4O. The normalized spacial score (nSPS) is 14.9. The largest absolute Gasteiger partial charge is 0.325 e. The van der Waals surface area contributed by atoms with E-state index < -0.39 is 0 Å². The number of nitrogens with zero attached hydrogens (tertiary/aromatic N) is 3. The van der Waals surface area contributed by atoms with Crippen molar-refractivity contribution >= 4 is 11.7 Å². The lowest BCUT2D eigenvalue weighted by atomic mass is 9.90. The van der Waals surface area contributed by atoms with E-state index in [9.17, 15) is 4.79 Å². The van der Waals surface area contributed by atoms with E-state index in [4.69, 9.17) is 0 Å². The number of benzene rings is 2. The van der Waals surface area contributed by atoms with Gasteiger partial charge in [-0.1, -0.05) is 42.5 Å². The third-order valence-electron chi connectivity index (χ3n) is 5.17. The molecule has 0 aliphatic carbocycles. The monoisotopic (exact) mass is 360 g/mol. The van der Waals surface area contributed by atoms with Crippen LogP contribution in [0.4, 0.5) is 10.5 Å². The molecule has 4 rings (SSSR count). The van der Waals surface area contributed by atoms with Crippen LogP contribution in [0.3, 0.4) is 0 Å². The van der Waals surface area contributed by atoms with Crippen LogP contribution in [0.5, 0.6) is 0 Å². The summed E-state index contributed by atoms with van der Waals surface area (Å²) in [5, 5.41) is 7.33. The Morgan fingerprint density at radius 2 is 1.74 bits per heavy atom. The van der Waals surface area contributed by atoms with Gasteiger partial charge < -0.3 is 10.2 Å². The van der Waals surface area contributed by atoms with Crippen molar-refractivity contribution in [1.82, 2.24) is 14.7 Å². The van der Waals surface area contributed by atoms with Crippen molar-refractivity contribution in [3.63, 3.8) is 0 Å². The van der Waals surface area contributed by atoms with E-state index >= 15 is 0 Å². The second kappa shape index (κ2) is 8.08. The molecule has 1 fully saturated rings. The van der Waals surface area contributed by atoms with Crippen LogP contribution in [0.2, 0.25) is 0 Å². The zero-order valence-electron chi connectivity index (χ0n) is 15.3. The lowest BCUT2D eigenvalue weighted by Crippen LogP contribution is -2.41. The lowest BCUT2D eigenvalue weighted by Gasteiger charge is -2.32. The first kappa shape index (κ1) is 17.3. The zero-order chi connectivity index (χ0) is 18.5. The lowest BCUT2D eigenvalue weighted by molar-refractivity contribution is 0.182. The number of rotatable bonds is 4. The van der Waals surface area contributed by atoms with Gasteiger partial charge in [-0.2, -0.15) is 5.10 Å². The molecular weight excluding hydrogens is 336 g/mol. The minimum absolute atomic E-state index is 0.0345. The van der Waals surface area contributed by atoms with E-state index in [-0.39, 0.29) is 6.03 Å². The summed E-state index contributed by atoms with van der Waals surface area (Å²) in [6, 6.07) is 20.2. The van der Waals surface area contributed by atoms with Gasteiger partial charge in [0.1, 0.15) is 0 Å². The molecule has 5 nitrogen and oxygen atoms in total. The van der Waals surface area contributed by atoms with Crippen LogP contribution in [0.15, 0.2) is 73.1 Å². The molecule has 0 bridgehead atoms. The molecule has 1 aliphatic rings. The number of anilines is 1. The number of nitrogens with one attached hydrogen (secondary N) is 1. The summed E-state index contributed by atoms with van der Waals surface area (Å²) in [4.78, 5) is 14.7. The third kappa shape index (κ3) is 4.19. The fourth-order valence-corrected chi connectivity index (χ4v) is 3.67. The fraction of sp³-hybridized carbons (Fsp3) is 0.273. The second-order valence-corrected chi connectivity index (χ2v) is 7.02. The van der Waals surface area contributed by atoms with Gasteiger partial charge in [0.2, 0.25) is 0 Å². The number of para-hydroxylation sites is 2. The Hall–Kier alpha value is -3.08. The number of carbonyl (C=O) groups excluding carboxylic acids is 1. The van der Waals surface area contributed by atoms with Gasteiger partial charge in [0.05, 0.1) is 11.4 Å². The molecule has 2 amide bonds. The number of hydrogen-bond acceptors (Lipinski definition) is 2. The maximum Gasteiger partial charge on any atom is 0.321 e. The van der Waals surface area contributed by atoms with E-state index in [2.05, 4.69) is 40.7 Å². The highest BCUT2D eigenvalue weighted by atomic mass is 16.2. The van der Waals surface area contributed by atoms with Gasteiger partial charge >= 0.3 is 6.03 Å². The second-order valence-electron chi connectivity index (χ2n) is 7.02. The van der Waals surface area contributed by atoms with Crippen molar-refractivity contribution in [1.29, 1.82) is 0 Å². The molecule has 27 heavy (non-hydrogen) atoms. The van der Waals surface area contributed by atoms with Crippen molar-refractivity contribution < 1.29 is 4.79 Å². The van der Waals surface area contributed by atoms with Crippen molar-refractivity contribution in [2.24, 2.45) is 5.92 Å². The van der Waals surface area contributed by atoms with Crippen molar-refractivity contribution in [2.45, 2.75) is 19.3 Å². The summed E-state index contributed by atoms with van der Waals surface area (Å²) < 4.78 is 1.77. The minimum Gasteiger partial charge on any atom is -0.325 e. The number of hydrogen-bond donors (Lipinski definition) is 1. The predicted octanol–water partition coefficient (Wildman–Crippen LogP) is 4.36. The molecule has 0 saturated carbocycles. The van der Waals surface area contributed by atoms with Crippen LogP contribution in [-0.4, -0.2) is 33.8 Å². The first-order valence-electron chi connectivity index (χ1n) is 9.48. The maximum absolute atomic E-state index is 12.7. The summed E-state index contributed by atoms with van der Waals surface area (Å²) in [6.45, 7) is 1.60. The van der Waals surface area contributed by atoms with Crippen LogP contribution in [0.25, 0.3) is 5.69 Å². The van der Waals surface area contributed by atoms with Crippen molar-refractivity contribution in [3.8, 4) is 5.69 Å². The van der Waals surface area contributed by atoms with Crippen molar-refractivity contribution in [2.75, 3.05) is 18.4 Å². The Balaban J connectivity index is 1.35. The summed E-state index contributed by atoms with van der Waals surface area (Å²) in [5.41, 5.74) is 3.03. The van der Waals surface area contributed by atoms with Gasteiger partial charge in [-0.3, -0.25) is 0 Å². The van der Waals surface area contributed by atoms with Crippen LogP contribution >= 0.6 is 0 Å². The molecule has 2 heterocycles. The third-order valence-corrected chi connectivity index (χ3v) is 5.17. The zero-order valence-corrected chi connectivity index (χ0v) is 15.3. The Morgan fingerprint density at radius 3 is 2.48 bits per heavy atom. The smallest absolute Gasteiger partial charge is 0.321 e. The minimum atomic E-state index is -0.0345. The maximum atomic E-state index is 12.7. The number of piperidine rings is 1. The van der Waals surface area contributed by atoms with Gasteiger partial charge in [0.25, 0.3) is 0 Å². The molecule has 1 aromatic heterocycles. The molecule has 2 aromatic carbocycles. The summed E-state index contributed by atoms with van der Waals surface area (Å²) >= 11 is 0. The van der Waals surface area contributed by atoms with Gasteiger partial charge in [-0.05, 0) is 48.9 Å². The standard InChI is InChI=1S/C22H24N4O/c27-22(24-20-9-4-5-10-21(20)26-14-6-13-23-26)25-15-11-19(12-16-25)17-18-7-2-1-3-8-18/h1-10,13-14,19H,11-12,15-17H2,(H,24,27).